The van der Waals surface area contributed by atoms with Crippen LogP contribution in [0.5, 0.6) is 0 Å². The van der Waals surface area contributed by atoms with Crippen molar-refractivity contribution in [3.63, 3.8) is 0 Å². The summed E-state index contributed by atoms with van der Waals surface area (Å²) < 4.78 is 0. The van der Waals surface area contributed by atoms with Crippen molar-refractivity contribution in [1.29, 1.82) is 0 Å². The van der Waals surface area contributed by atoms with Crippen LogP contribution in [0.25, 0.3) is 0 Å². The first-order valence-corrected chi connectivity index (χ1v) is 6.83. The molecule has 18 heavy (non-hydrogen) atoms. The minimum Gasteiger partial charge on any atom is -0.0620 e. The molecule has 0 fully saturated rings. The van der Waals surface area contributed by atoms with Gasteiger partial charge in [-0.1, -0.05) is 49.4 Å². The third kappa shape index (κ3) is 3.01. The predicted octanol–water partition coefficient (Wildman–Crippen LogP) is 4.65. The van der Waals surface area contributed by atoms with E-state index in [2.05, 4.69) is 63.2 Å². The van der Waals surface area contributed by atoms with E-state index < -0.39 is 0 Å². The number of benzene rings is 2. The van der Waals surface area contributed by atoms with Crippen molar-refractivity contribution < 1.29 is 0 Å². The topological polar surface area (TPSA) is 0 Å². The average molecular weight is 238 g/mol. The Morgan fingerprint density at radius 2 is 1.44 bits per heavy atom. The van der Waals surface area contributed by atoms with Crippen molar-refractivity contribution in [2.24, 2.45) is 0 Å². The van der Waals surface area contributed by atoms with E-state index in [1.54, 1.807) is 0 Å². The van der Waals surface area contributed by atoms with Crippen molar-refractivity contribution in [2.75, 3.05) is 0 Å². The minimum atomic E-state index is 1.12. The molecule has 0 unspecified atom stereocenters. The van der Waals surface area contributed by atoms with Gasteiger partial charge in [-0.05, 0) is 60.9 Å². The van der Waals surface area contributed by atoms with E-state index in [1.807, 2.05) is 0 Å². The maximum atomic E-state index is 2.37. The molecule has 2 aromatic rings. The van der Waals surface area contributed by atoms with Gasteiger partial charge >= 0.3 is 0 Å². The summed E-state index contributed by atoms with van der Waals surface area (Å²) in [5.41, 5.74) is 7.24. The van der Waals surface area contributed by atoms with Gasteiger partial charge in [-0.15, -0.1) is 0 Å². The second-order valence-electron chi connectivity index (χ2n) is 5.04. The highest BCUT2D eigenvalue weighted by atomic mass is 14.1. The van der Waals surface area contributed by atoms with Gasteiger partial charge < -0.3 is 0 Å². The van der Waals surface area contributed by atoms with Crippen LogP contribution in [0.15, 0.2) is 42.5 Å². The third-order valence-electron chi connectivity index (χ3n) is 3.75. The van der Waals surface area contributed by atoms with Gasteiger partial charge in [0.25, 0.3) is 0 Å². The van der Waals surface area contributed by atoms with Crippen LogP contribution in [-0.2, 0) is 19.3 Å². The van der Waals surface area contributed by atoms with Crippen LogP contribution >= 0.6 is 0 Å². The molecule has 0 saturated carbocycles. The molecule has 0 heterocycles. The van der Waals surface area contributed by atoms with Crippen molar-refractivity contribution in [1.82, 2.24) is 0 Å². The van der Waals surface area contributed by atoms with E-state index in [0.717, 1.165) is 19.3 Å². The summed E-state index contributed by atoms with van der Waals surface area (Å²) in [5, 5.41) is 0. The number of hydrogen-bond donors (Lipinski definition) is 0. The van der Waals surface area contributed by atoms with Crippen LogP contribution in [0.1, 0.15) is 34.7 Å². The second-order valence-corrected chi connectivity index (χ2v) is 5.04. The van der Waals surface area contributed by atoms with Crippen molar-refractivity contribution in [3.8, 4) is 0 Å². The van der Waals surface area contributed by atoms with E-state index in [-0.39, 0.29) is 0 Å². The summed E-state index contributed by atoms with van der Waals surface area (Å²) >= 11 is 0. The number of aryl methyl sites for hydroxylation is 5. The van der Waals surface area contributed by atoms with E-state index in [9.17, 15) is 0 Å². The predicted molar refractivity (Wildman–Crippen MR) is 79.1 cm³/mol. The molecule has 0 spiro atoms. The number of rotatable bonds is 4. The van der Waals surface area contributed by atoms with Crippen LogP contribution in [0.4, 0.5) is 0 Å². The Kier molecular flexibility index (Phi) is 4.19. The van der Waals surface area contributed by atoms with Crippen molar-refractivity contribution in [2.45, 2.75) is 40.0 Å². The lowest BCUT2D eigenvalue weighted by atomic mass is 9.96. The Bertz CT molecular complexity index is 523. The highest BCUT2D eigenvalue weighted by Gasteiger charge is 2.02. The molecule has 0 bridgehead atoms. The SMILES string of the molecule is CCc1ccc(C)c(CCc2ccccc2C)c1. The zero-order valence-electron chi connectivity index (χ0n) is 11.7. The molecule has 0 nitrogen and oxygen atoms in total. The quantitative estimate of drug-likeness (QED) is 0.727. The van der Waals surface area contributed by atoms with Gasteiger partial charge in [0.05, 0.1) is 0 Å². The second kappa shape index (κ2) is 5.86. The first-order chi connectivity index (χ1) is 8.70. The highest BCUT2D eigenvalue weighted by molar-refractivity contribution is 5.33. The molecule has 94 valence electrons. The molecule has 0 saturated heterocycles. The van der Waals surface area contributed by atoms with Gasteiger partial charge in [-0.25, -0.2) is 0 Å². The largest absolute Gasteiger partial charge is 0.0620 e. The van der Waals surface area contributed by atoms with Crippen LogP contribution in [0, 0.1) is 13.8 Å². The molecule has 0 amide bonds. The Hall–Kier alpha value is -1.56. The lowest BCUT2D eigenvalue weighted by Gasteiger charge is -2.09. The fraction of sp³-hybridized carbons (Fsp3) is 0.333. The van der Waals surface area contributed by atoms with E-state index in [1.165, 1.54) is 27.8 Å². The van der Waals surface area contributed by atoms with Gasteiger partial charge in [-0.2, -0.15) is 0 Å². The summed E-state index contributed by atoms with van der Waals surface area (Å²) in [6.45, 7) is 6.63. The smallest absolute Gasteiger partial charge is 0.0235 e. The van der Waals surface area contributed by atoms with Gasteiger partial charge in [0.15, 0.2) is 0 Å². The number of hydrogen-bond acceptors (Lipinski definition) is 0. The summed E-state index contributed by atoms with van der Waals surface area (Å²) in [6, 6.07) is 15.6. The molecule has 2 rings (SSSR count). The average Bonchev–Trinajstić information content (AvgIpc) is 2.39. The standard InChI is InChI=1S/C18H22/c1-4-16-10-9-15(3)18(13-16)12-11-17-8-6-5-7-14(17)2/h5-10,13H,4,11-12H2,1-3H3. The van der Waals surface area contributed by atoms with E-state index >= 15 is 0 Å². The Morgan fingerprint density at radius 3 is 2.17 bits per heavy atom. The zero-order valence-corrected chi connectivity index (χ0v) is 11.7. The molecule has 0 N–H and O–H groups in total. The Labute approximate surface area is 111 Å². The third-order valence-corrected chi connectivity index (χ3v) is 3.75. The van der Waals surface area contributed by atoms with Crippen molar-refractivity contribution >= 4 is 0 Å². The molecular formula is C18H22. The van der Waals surface area contributed by atoms with Gasteiger partial charge in [0.2, 0.25) is 0 Å². The monoisotopic (exact) mass is 238 g/mol. The Morgan fingerprint density at radius 1 is 0.778 bits per heavy atom. The molecule has 0 heteroatoms. The summed E-state index contributed by atoms with van der Waals surface area (Å²) in [5.74, 6) is 0. The normalized spacial score (nSPS) is 10.6. The summed E-state index contributed by atoms with van der Waals surface area (Å²) in [4.78, 5) is 0. The fourth-order valence-corrected chi connectivity index (χ4v) is 2.37. The van der Waals surface area contributed by atoms with E-state index in [4.69, 9.17) is 0 Å². The molecule has 0 atom stereocenters. The van der Waals surface area contributed by atoms with Crippen LogP contribution in [0.2, 0.25) is 0 Å². The van der Waals surface area contributed by atoms with Gasteiger partial charge in [0.1, 0.15) is 0 Å². The molecule has 0 aliphatic heterocycles. The molecule has 0 aliphatic carbocycles. The fourth-order valence-electron chi connectivity index (χ4n) is 2.37. The maximum Gasteiger partial charge on any atom is -0.0235 e. The first kappa shape index (κ1) is 12.9. The summed E-state index contributed by atoms with van der Waals surface area (Å²) in [7, 11) is 0. The zero-order chi connectivity index (χ0) is 13.0. The van der Waals surface area contributed by atoms with E-state index in [0.29, 0.717) is 0 Å². The van der Waals surface area contributed by atoms with Crippen LogP contribution in [0.3, 0.4) is 0 Å². The maximum absolute atomic E-state index is 2.37. The van der Waals surface area contributed by atoms with Crippen LogP contribution < -0.4 is 0 Å². The summed E-state index contributed by atoms with van der Waals surface area (Å²) in [6.07, 6.45) is 3.41. The molecule has 0 aliphatic rings. The lowest BCUT2D eigenvalue weighted by molar-refractivity contribution is 0.933. The van der Waals surface area contributed by atoms with Gasteiger partial charge in [-0.3, -0.25) is 0 Å². The minimum absolute atomic E-state index is 1.12. The lowest BCUT2D eigenvalue weighted by Crippen LogP contribution is -1.97. The molecule has 0 aromatic heterocycles. The molecule has 0 radical (unpaired) electrons. The molecule has 2 aromatic carbocycles. The van der Waals surface area contributed by atoms with Gasteiger partial charge in [0, 0.05) is 0 Å². The van der Waals surface area contributed by atoms with Crippen molar-refractivity contribution in [3.05, 3.63) is 70.3 Å². The van der Waals surface area contributed by atoms with Crippen LogP contribution in [-0.4, -0.2) is 0 Å². The molecular weight excluding hydrogens is 216 g/mol. The first-order valence-electron chi connectivity index (χ1n) is 6.83. The highest BCUT2D eigenvalue weighted by Crippen LogP contribution is 2.16. The Balaban J connectivity index is 2.13.